The van der Waals surface area contributed by atoms with E-state index < -0.39 is 0 Å². The van der Waals surface area contributed by atoms with Gasteiger partial charge < -0.3 is 10.1 Å². The molecule has 7 heteroatoms. The summed E-state index contributed by atoms with van der Waals surface area (Å²) in [5, 5.41) is 14.2. The highest BCUT2D eigenvalue weighted by molar-refractivity contribution is 7.26. The van der Waals surface area contributed by atoms with Crippen LogP contribution in [0.4, 0.5) is 5.82 Å². The summed E-state index contributed by atoms with van der Waals surface area (Å²) in [7, 11) is 1.66. The lowest BCUT2D eigenvalue weighted by molar-refractivity contribution is 0.414. The van der Waals surface area contributed by atoms with E-state index in [2.05, 4.69) is 20.5 Å². The highest BCUT2D eigenvalue weighted by Crippen LogP contribution is 2.38. The fourth-order valence-corrected chi connectivity index (χ4v) is 4.04. The van der Waals surface area contributed by atoms with Gasteiger partial charge in [0.1, 0.15) is 16.4 Å². The van der Waals surface area contributed by atoms with E-state index in [-0.39, 0.29) is 0 Å². The molecular formula is C22H27ClN4OS. The Bertz CT molecular complexity index is 1060. The molecule has 0 spiro atoms. The number of aryl methyl sites for hydroxylation is 1. The Balaban J connectivity index is 0.000000707. The second kappa shape index (κ2) is 10.9. The number of anilines is 1. The summed E-state index contributed by atoms with van der Waals surface area (Å²) in [6, 6.07) is 9.97. The van der Waals surface area contributed by atoms with Crippen molar-refractivity contribution in [3.8, 4) is 5.75 Å². The minimum Gasteiger partial charge on any atom is -0.497 e. The van der Waals surface area contributed by atoms with Gasteiger partial charge in [0, 0.05) is 23.5 Å². The molecule has 1 aromatic carbocycles. The number of hydrogen-bond donors (Lipinski definition) is 1. The largest absolute Gasteiger partial charge is 0.497 e. The van der Waals surface area contributed by atoms with Crippen molar-refractivity contribution in [3.63, 3.8) is 0 Å². The van der Waals surface area contributed by atoms with Gasteiger partial charge in [0.05, 0.1) is 11.8 Å². The molecule has 0 radical (unpaired) electrons. The Morgan fingerprint density at radius 3 is 2.38 bits per heavy atom. The molecule has 0 atom stereocenters. The number of benzene rings is 1. The number of nitrogens with zero attached hydrogens (tertiary/aromatic N) is 3. The first-order chi connectivity index (χ1) is 14.2. The zero-order valence-corrected chi connectivity index (χ0v) is 19.3. The molecular weight excluding hydrogens is 404 g/mol. The van der Waals surface area contributed by atoms with Crippen LogP contribution in [0.15, 0.2) is 36.5 Å². The van der Waals surface area contributed by atoms with Gasteiger partial charge in [-0.05, 0) is 36.2 Å². The molecule has 29 heavy (non-hydrogen) atoms. The van der Waals surface area contributed by atoms with Crippen LogP contribution in [-0.2, 0) is 6.54 Å². The van der Waals surface area contributed by atoms with Gasteiger partial charge in [-0.1, -0.05) is 51.4 Å². The van der Waals surface area contributed by atoms with Gasteiger partial charge >= 0.3 is 0 Å². The van der Waals surface area contributed by atoms with Gasteiger partial charge in [-0.15, -0.1) is 21.5 Å². The maximum Gasteiger partial charge on any atom is 0.155 e. The fraction of sp³-hybridized carbons (Fsp3) is 0.318. The highest BCUT2D eigenvalue weighted by atomic mass is 35.5. The summed E-state index contributed by atoms with van der Waals surface area (Å²) in [6.07, 6.45) is 1.80. The maximum absolute atomic E-state index is 6.14. The Kier molecular flexibility index (Phi) is 8.61. The topological polar surface area (TPSA) is 59.9 Å². The first kappa shape index (κ1) is 22.8. The molecule has 5 nitrogen and oxygen atoms in total. The molecule has 0 saturated heterocycles. The smallest absolute Gasteiger partial charge is 0.155 e. The first-order valence-corrected chi connectivity index (χ1v) is 10.9. The predicted molar refractivity (Wildman–Crippen MR) is 125 cm³/mol. The van der Waals surface area contributed by atoms with Crippen LogP contribution in [0, 0.1) is 6.92 Å². The second-order valence-electron chi connectivity index (χ2n) is 5.64. The van der Waals surface area contributed by atoms with E-state index in [1.54, 1.807) is 24.6 Å². The SMILES string of the molecule is CC.CC.COc1ccc(CNc2nccc3c2sc2nnc(Cl)c(C)c23)cc1. The van der Waals surface area contributed by atoms with Crippen LogP contribution in [0.3, 0.4) is 0 Å². The number of nitrogens with one attached hydrogen (secondary N) is 1. The molecule has 0 aliphatic carbocycles. The lowest BCUT2D eigenvalue weighted by Gasteiger charge is -2.07. The molecule has 0 amide bonds. The number of aromatic nitrogens is 3. The molecule has 4 aromatic rings. The van der Waals surface area contributed by atoms with Crippen LogP contribution in [-0.4, -0.2) is 22.3 Å². The fourth-order valence-electron chi connectivity index (χ4n) is 2.77. The van der Waals surface area contributed by atoms with Crippen LogP contribution in [0.5, 0.6) is 5.75 Å². The Morgan fingerprint density at radius 2 is 1.72 bits per heavy atom. The van der Waals surface area contributed by atoms with Crippen molar-refractivity contribution in [2.45, 2.75) is 41.2 Å². The number of halogens is 1. The molecule has 0 aliphatic heterocycles. The lowest BCUT2D eigenvalue weighted by Crippen LogP contribution is -2.01. The Morgan fingerprint density at radius 1 is 1.03 bits per heavy atom. The Labute approximate surface area is 181 Å². The Hall–Kier alpha value is -2.44. The van der Waals surface area contributed by atoms with E-state index in [0.717, 1.165) is 43.0 Å². The normalized spacial score (nSPS) is 10.0. The number of hydrogen-bond acceptors (Lipinski definition) is 6. The van der Waals surface area contributed by atoms with Crippen LogP contribution in [0.2, 0.25) is 5.15 Å². The van der Waals surface area contributed by atoms with Crippen molar-refractivity contribution in [2.24, 2.45) is 0 Å². The highest BCUT2D eigenvalue weighted by Gasteiger charge is 2.15. The quantitative estimate of drug-likeness (QED) is 0.382. The number of rotatable bonds is 4. The molecule has 3 heterocycles. The minimum absolute atomic E-state index is 0.441. The molecule has 0 bridgehead atoms. The van der Waals surface area contributed by atoms with E-state index in [0.29, 0.717) is 11.7 Å². The zero-order valence-electron chi connectivity index (χ0n) is 17.7. The van der Waals surface area contributed by atoms with Crippen LogP contribution in [0.1, 0.15) is 38.8 Å². The van der Waals surface area contributed by atoms with E-state index >= 15 is 0 Å². The predicted octanol–water partition coefficient (Wildman–Crippen LogP) is 6.87. The van der Waals surface area contributed by atoms with Gasteiger partial charge in [0.2, 0.25) is 0 Å². The molecule has 154 valence electrons. The second-order valence-corrected chi connectivity index (χ2v) is 6.99. The number of thiophene rings is 1. The van der Waals surface area contributed by atoms with Crippen molar-refractivity contribution < 1.29 is 4.74 Å². The standard InChI is InChI=1S/C18H15ClN4OS.2C2H6/c1-10-14-13-7-8-20-17(15(13)25-18(14)23-22-16(10)19)21-9-11-3-5-12(24-2)6-4-11;2*1-2/h3-8H,9H2,1-2H3,(H,20,21);2*1-2H3. The van der Waals surface area contributed by atoms with Gasteiger partial charge in [-0.25, -0.2) is 4.98 Å². The summed E-state index contributed by atoms with van der Waals surface area (Å²) < 4.78 is 6.25. The number of fused-ring (bicyclic) bond motifs is 3. The molecule has 0 saturated carbocycles. The first-order valence-electron chi connectivity index (χ1n) is 9.74. The van der Waals surface area contributed by atoms with Gasteiger partial charge in [-0.3, -0.25) is 0 Å². The summed E-state index contributed by atoms with van der Waals surface area (Å²) >= 11 is 7.72. The third-order valence-electron chi connectivity index (χ3n) is 4.12. The minimum atomic E-state index is 0.441. The van der Waals surface area contributed by atoms with Crippen molar-refractivity contribution >= 4 is 49.1 Å². The molecule has 0 aliphatic rings. The third kappa shape index (κ3) is 4.95. The zero-order chi connectivity index (χ0) is 21.4. The van der Waals surface area contributed by atoms with E-state index in [1.807, 2.05) is 65.0 Å². The molecule has 0 unspecified atom stereocenters. The molecule has 3 aromatic heterocycles. The molecule has 4 rings (SSSR count). The van der Waals surface area contributed by atoms with Gasteiger partial charge in [0.25, 0.3) is 0 Å². The average Bonchev–Trinajstić information content (AvgIpc) is 3.18. The van der Waals surface area contributed by atoms with Crippen LogP contribution < -0.4 is 10.1 Å². The van der Waals surface area contributed by atoms with Crippen molar-refractivity contribution in [1.82, 2.24) is 15.2 Å². The maximum atomic E-state index is 6.14. The van der Waals surface area contributed by atoms with Crippen molar-refractivity contribution in [2.75, 3.05) is 12.4 Å². The van der Waals surface area contributed by atoms with Crippen molar-refractivity contribution in [1.29, 1.82) is 0 Å². The monoisotopic (exact) mass is 430 g/mol. The average molecular weight is 431 g/mol. The van der Waals surface area contributed by atoms with E-state index in [4.69, 9.17) is 16.3 Å². The summed E-state index contributed by atoms with van der Waals surface area (Å²) in [6.45, 7) is 10.6. The summed E-state index contributed by atoms with van der Waals surface area (Å²) in [4.78, 5) is 5.37. The van der Waals surface area contributed by atoms with Crippen LogP contribution >= 0.6 is 22.9 Å². The third-order valence-corrected chi connectivity index (χ3v) is 5.57. The van der Waals surface area contributed by atoms with Gasteiger partial charge in [-0.2, -0.15) is 0 Å². The molecule has 0 fully saturated rings. The van der Waals surface area contributed by atoms with E-state index in [1.165, 1.54) is 0 Å². The van der Waals surface area contributed by atoms with E-state index in [9.17, 15) is 0 Å². The van der Waals surface area contributed by atoms with Crippen molar-refractivity contribution in [3.05, 3.63) is 52.8 Å². The summed E-state index contributed by atoms with van der Waals surface area (Å²) in [5.74, 6) is 1.69. The number of methoxy groups -OCH3 is 1. The summed E-state index contributed by atoms with van der Waals surface area (Å²) in [5.41, 5.74) is 2.10. The lowest BCUT2D eigenvalue weighted by atomic mass is 10.1. The van der Waals surface area contributed by atoms with Gasteiger partial charge in [0.15, 0.2) is 5.15 Å². The van der Waals surface area contributed by atoms with Crippen LogP contribution in [0.25, 0.3) is 20.3 Å². The molecule has 1 N–H and O–H groups in total. The number of ether oxygens (including phenoxy) is 1. The number of pyridine rings is 1.